The number of carbonyl (C=O) groups is 4. The number of rotatable bonds is 8. The Bertz CT molecular complexity index is 734. The first-order valence-corrected chi connectivity index (χ1v) is 8.67. The van der Waals surface area contributed by atoms with Gasteiger partial charge in [-0.15, -0.1) is 0 Å². The molecule has 2 aliphatic heterocycles. The Kier molecular flexibility index (Phi) is 5.50. The predicted octanol–water partition coefficient (Wildman–Crippen LogP) is 0.353. The molecule has 1 aromatic carbocycles. The Morgan fingerprint density at radius 3 is 2.88 bits per heavy atom. The molecule has 2 aliphatic rings. The molecule has 1 saturated heterocycles. The maximum absolute atomic E-state index is 12.6. The first-order valence-electron chi connectivity index (χ1n) is 8.67. The zero-order valence-electron chi connectivity index (χ0n) is 14.3. The van der Waals surface area contributed by atoms with Gasteiger partial charge in [0.05, 0.1) is 6.61 Å². The molecular weight excluding hydrogens is 338 g/mol. The Morgan fingerprint density at radius 1 is 1.27 bits per heavy atom. The summed E-state index contributed by atoms with van der Waals surface area (Å²) in [4.78, 5) is 47.6. The molecule has 138 valence electrons. The molecule has 8 heteroatoms. The number of nitrogens with one attached hydrogen (secondary N) is 2. The van der Waals surface area contributed by atoms with Gasteiger partial charge >= 0.3 is 0 Å². The summed E-state index contributed by atoms with van der Waals surface area (Å²) in [5.41, 5.74) is 1.39. The van der Waals surface area contributed by atoms with Crippen molar-refractivity contribution in [2.75, 3.05) is 13.2 Å². The topological polar surface area (TPSA) is 105 Å². The van der Waals surface area contributed by atoms with E-state index >= 15 is 0 Å². The van der Waals surface area contributed by atoms with Crippen molar-refractivity contribution in [3.05, 3.63) is 29.3 Å². The minimum Gasteiger partial charge on any atom is -0.494 e. The average Bonchev–Trinajstić information content (AvgIpc) is 2.94. The molecule has 2 N–H and O–H groups in total. The Labute approximate surface area is 150 Å². The molecule has 0 spiro atoms. The third kappa shape index (κ3) is 3.84. The molecule has 4 amide bonds. The van der Waals surface area contributed by atoms with Crippen molar-refractivity contribution in [2.24, 2.45) is 0 Å². The number of amides is 4. The number of hydrogen-bond acceptors (Lipinski definition) is 5. The van der Waals surface area contributed by atoms with Gasteiger partial charge in [0.25, 0.3) is 5.91 Å². The maximum atomic E-state index is 12.6. The number of carbonyl (C=O) groups excluding carboxylic acids is 4. The quantitative estimate of drug-likeness (QED) is 0.396. The fourth-order valence-corrected chi connectivity index (χ4v) is 3.22. The summed E-state index contributed by atoms with van der Waals surface area (Å²) in [6.07, 6.45) is 2.89. The van der Waals surface area contributed by atoms with E-state index in [-0.39, 0.29) is 18.2 Å². The van der Waals surface area contributed by atoms with Gasteiger partial charge in [0.15, 0.2) is 0 Å². The van der Waals surface area contributed by atoms with E-state index < -0.39 is 11.9 Å². The van der Waals surface area contributed by atoms with Crippen molar-refractivity contribution in [1.29, 1.82) is 0 Å². The van der Waals surface area contributed by atoms with Crippen molar-refractivity contribution in [3.63, 3.8) is 0 Å². The molecule has 0 saturated carbocycles. The second-order valence-corrected chi connectivity index (χ2v) is 6.35. The first kappa shape index (κ1) is 17.9. The number of piperidine rings is 1. The fourth-order valence-electron chi connectivity index (χ4n) is 3.22. The standard InChI is InChI=1S/C18H21N3O5/c22-11-19-7-1-2-8-26-13-3-4-14-12(9-13)10-21(18(14)25)15-5-6-16(23)20-17(15)24/h3-4,9,11,15H,1-2,5-8,10H2,(H,19,22)(H,20,23,24). The van der Waals surface area contributed by atoms with Crippen LogP contribution in [0.5, 0.6) is 5.75 Å². The minimum absolute atomic E-state index is 0.194. The molecule has 0 aromatic heterocycles. The second-order valence-electron chi connectivity index (χ2n) is 6.35. The average molecular weight is 359 g/mol. The normalized spacial score (nSPS) is 19.2. The summed E-state index contributed by atoms with van der Waals surface area (Å²) in [7, 11) is 0. The highest BCUT2D eigenvalue weighted by molar-refractivity contribution is 6.05. The second kappa shape index (κ2) is 7.99. The van der Waals surface area contributed by atoms with E-state index in [2.05, 4.69) is 10.6 Å². The number of imide groups is 1. The summed E-state index contributed by atoms with van der Waals surface area (Å²) in [6.45, 7) is 1.47. The lowest BCUT2D eigenvalue weighted by molar-refractivity contribution is -0.136. The van der Waals surface area contributed by atoms with E-state index in [1.807, 2.05) is 6.07 Å². The molecule has 1 fully saturated rings. The van der Waals surface area contributed by atoms with Crippen LogP contribution in [0.25, 0.3) is 0 Å². The number of unbranched alkanes of at least 4 members (excludes halogenated alkanes) is 1. The molecule has 0 bridgehead atoms. The highest BCUT2D eigenvalue weighted by Gasteiger charge is 2.39. The van der Waals surface area contributed by atoms with Crippen LogP contribution in [-0.2, 0) is 20.9 Å². The summed E-state index contributed by atoms with van der Waals surface area (Å²) in [5.74, 6) is -0.233. The highest BCUT2D eigenvalue weighted by Crippen LogP contribution is 2.30. The van der Waals surface area contributed by atoms with Crippen LogP contribution < -0.4 is 15.4 Å². The zero-order valence-corrected chi connectivity index (χ0v) is 14.3. The van der Waals surface area contributed by atoms with Crippen LogP contribution in [0.3, 0.4) is 0 Å². The lowest BCUT2D eigenvalue weighted by Crippen LogP contribution is -2.52. The van der Waals surface area contributed by atoms with Crippen LogP contribution in [0.4, 0.5) is 0 Å². The van der Waals surface area contributed by atoms with Crippen LogP contribution in [0.1, 0.15) is 41.6 Å². The Balaban J connectivity index is 1.58. The third-order valence-electron chi connectivity index (χ3n) is 4.56. The van der Waals surface area contributed by atoms with Crippen molar-refractivity contribution in [2.45, 2.75) is 38.3 Å². The Morgan fingerprint density at radius 2 is 2.12 bits per heavy atom. The van der Waals surface area contributed by atoms with Crippen LogP contribution in [0.15, 0.2) is 18.2 Å². The summed E-state index contributed by atoms with van der Waals surface area (Å²) in [5, 5.41) is 4.89. The van der Waals surface area contributed by atoms with Gasteiger partial charge in [-0.2, -0.15) is 0 Å². The lowest BCUT2D eigenvalue weighted by atomic mass is 10.0. The van der Waals surface area contributed by atoms with Crippen molar-refractivity contribution in [3.8, 4) is 5.75 Å². The monoisotopic (exact) mass is 359 g/mol. The van der Waals surface area contributed by atoms with Gasteiger partial charge in [-0.3, -0.25) is 24.5 Å². The van der Waals surface area contributed by atoms with E-state index in [9.17, 15) is 19.2 Å². The van der Waals surface area contributed by atoms with Gasteiger partial charge < -0.3 is 15.0 Å². The SMILES string of the molecule is O=CNCCCCOc1ccc2c(c1)CN(C1CCC(=O)NC1=O)C2=O. The van der Waals surface area contributed by atoms with E-state index in [1.54, 1.807) is 12.1 Å². The smallest absolute Gasteiger partial charge is 0.255 e. The van der Waals surface area contributed by atoms with Crippen LogP contribution in [-0.4, -0.2) is 48.2 Å². The summed E-state index contributed by atoms with van der Waals surface area (Å²) >= 11 is 0. The fraction of sp³-hybridized carbons (Fsp3) is 0.444. The van der Waals surface area contributed by atoms with Gasteiger partial charge in [-0.1, -0.05) is 0 Å². The van der Waals surface area contributed by atoms with E-state index in [0.717, 1.165) is 18.4 Å². The van der Waals surface area contributed by atoms with E-state index in [1.165, 1.54) is 4.90 Å². The molecule has 0 radical (unpaired) electrons. The zero-order chi connectivity index (χ0) is 18.5. The predicted molar refractivity (Wildman–Crippen MR) is 91.3 cm³/mol. The first-order chi connectivity index (χ1) is 12.6. The number of benzene rings is 1. The molecule has 8 nitrogen and oxygen atoms in total. The number of fused-ring (bicyclic) bond motifs is 1. The van der Waals surface area contributed by atoms with Crippen LogP contribution >= 0.6 is 0 Å². The summed E-state index contributed by atoms with van der Waals surface area (Å²) < 4.78 is 5.69. The maximum Gasteiger partial charge on any atom is 0.255 e. The van der Waals surface area contributed by atoms with Gasteiger partial charge in [-0.25, -0.2) is 0 Å². The van der Waals surface area contributed by atoms with Gasteiger partial charge in [0.1, 0.15) is 11.8 Å². The Hall–Kier alpha value is -2.90. The van der Waals surface area contributed by atoms with Crippen LogP contribution in [0, 0.1) is 0 Å². The molecule has 1 atom stereocenters. The molecule has 3 rings (SSSR count). The van der Waals surface area contributed by atoms with Crippen molar-refractivity contribution >= 4 is 24.1 Å². The molecule has 26 heavy (non-hydrogen) atoms. The van der Waals surface area contributed by atoms with Gasteiger partial charge in [-0.05, 0) is 43.0 Å². The highest BCUT2D eigenvalue weighted by atomic mass is 16.5. The van der Waals surface area contributed by atoms with Crippen molar-refractivity contribution in [1.82, 2.24) is 15.5 Å². The van der Waals surface area contributed by atoms with Crippen LogP contribution in [0.2, 0.25) is 0 Å². The number of ether oxygens (including phenoxy) is 1. The van der Waals surface area contributed by atoms with Gasteiger partial charge in [0, 0.05) is 25.1 Å². The molecule has 1 aromatic rings. The van der Waals surface area contributed by atoms with Gasteiger partial charge in [0.2, 0.25) is 18.2 Å². The molecule has 2 heterocycles. The summed E-state index contributed by atoms with van der Waals surface area (Å²) in [6, 6.07) is 4.67. The molecule has 0 aliphatic carbocycles. The van der Waals surface area contributed by atoms with E-state index in [4.69, 9.17) is 4.74 Å². The number of nitrogens with zero attached hydrogens (tertiary/aromatic N) is 1. The number of hydrogen-bond donors (Lipinski definition) is 2. The van der Waals surface area contributed by atoms with Crippen molar-refractivity contribution < 1.29 is 23.9 Å². The molecular formula is C18H21N3O5. The third-order valence-corrected chi connectivity index (χ3v) is 4.56. The molecule has 1 unspecified atom stereocenters. The van der Waals surface area contributed by atoms with E-state index in [0.29, 0.717) is 43.8 Å². The lowest BCUT2D eigenvalue weighted by Gasteiger charge is -2.29. The minimum atomic E-state index is -0.609. The largest absolute Gasteiger partial charge is 0.494 e.